The molecule has 2 fully saturated rings. The summed E-state index contributed by atoms with van der Waals surface area (Å²) >= 11 is 0. The van der Waals surface area contributed by atoms with Gasteiger partial charge in [-0.15, -0.1) is 7.92 Å². The van der Waals surface area contributed by atoms with E-state index < -0.39 is 0 Å². The van der Waals surface area contributed by atoms with Crippen LogP contribution in [-0.2, 0) is 0 Å². The van der Waals surface area contributed by atoms with Crippen LogP contribution in [0.25, 0.3) is 0 Å². The Morgan fingerprint density at radius 2 is 2.19 bits per heavy atom. The van der Waals surface area contributed by atoms with Gasteiger partial charge in [-0.25, -0.2) is 0 Å². The van der Waals surface area contributed by atoms with Gasteiger partial charge in [-0.3, -0.25) is 0 Å². The molecule has 88 valence electrons. The van der Waals surface area contributed by atoms with Gasteiger partial charge in [0, 0.05) is 0 Å². The summed E-state index contributed by atoms with van der Waals surface area (Å²) in [6, 6.07) is 0. The van der Waals surface area contributed by atoms with Crippen LogP contribution in [0.15, 0.2) is 23.3 Å². The second kappa shape index (κ2) is 4.30. The zero-order chi connectivity index (χ0) is 11.1. The van der Waals surface area contributed by atoms with E-state index in [1.807, 2.05) is 0 Å². The monoisotopic (exact) mass is 234 g/mol. The molecule has 0 radical (unpaired) electrons. The Morgan fingerprint density at radius 3 is 2.81 bits per heavy atom. The summed E-state index contributed by atoms with van der Waals surface area (Å²) in [5, 5.41) is 0. The number of hydrogen-bond donors (Lipinski definition) is 0. The molecule has 16 heavy (non-hydrogen) atoms. The van der Waals surface area contributed by atoms with Gasteiger partial charge < -0.3 is 0 Å². The molecule has 0 amide bonds. The average Bonchev–Trinajstić information content (AvgIpc) is 3.12. The summed E-state index contributed by atoms with van der Waals surface area (Å²) in [4.78, 5) is 0. The van der Waals surface area contributed by atoms with Crippen LogP contribution in [0.4, 0.5) is 0 Å². The maximum atomic E-state index is 2.69. The van der Waals surface area contributed by atoms with Gasteiger partial charge in [0.2, 0.25) is 0 Å². The summed E-state index contributed by atoms with van der Waals surface area (Å²) in [6.07, 6.45) is 13.9. The standard InChI is InChI=1S/C15H23P/c1-3-12-9-13(12)10-14-8-11(2)4-5-15(14)16-6-7-16/h4,10,12,14-15H,3,5-9H2,1-2H3/b13-10-. The lowest BCUT2D eigenvalue weighted by Gasteiger charge is -2.28. The minimum Gasteiger partial charge on any atom is -0.102 e. The average molecular weight is 234 g/mol. The Bertz CT molecular complexity index is 335. The lowest BCUT2D eigenvalue weighted by molar-refractivity contribution is 0.573. The molecule has 3 rings (SSSR count). The van der Waals surface area contributed by atoms with E-state index in [9.17, 15) is 0 Å². The summed E-state index contributed by atoms with van der Waals surface area (Å²) in [7, 11) is 0.462. The molecule has 0 spiro atoms. The highest BCUT2D eigenvalue weighted by Crippen LogP contribution is 2.61. The van der Waals surface area contributed by atoms with Gasteiger partial charge in [0.1, 0.15) is 0 Å². The molecule has 1 heterocycles. The van der Waals surface area contributed by atoms with Gasteiger partial charge in [0.25, 0.3) is 0 Å². The molecule has 1 aliphatic heterocycles. The highest BCUT2D eigenvalue weighted by Gasteiger charge is 2.37. The van der Waals surface area contributed by atoms with Crippen LogP contribution in [0.2, 0.25) is 0 Å². The van der Waals surface area contributed by atoms with Crippen molar-refractivity contribution in [1.82, 2.24) is 0 Å². The molecule has 0 nitrogen and oxygen atoms in total. The van der Waals surface area contributed by atoms with Crippen molar-refractivity contribution in [1.29, 1.82) is 0 Å². The smallest absolute Gasteiger partial charge is 0.0108 e. The van der Waals surface area contributed by atoms with E-state index in [2.05, 4.69) is 26.0 Å². The molecule has 1 heteroatoms. The Hall–Kier alpha value is -0.0900. The summed E-state index contributed by atoms with van der Waals surface area (Å²) in [5.41, 5.74) is 4.50. The first-order chi connectivity index (χ1) is 7.78. The summed E-state index contributed by atoms with van der Waals surface area (Å²) < 4.78 is 0. The van der Waals surface area contributed by atoms with Crippen LogP contribution in [0.5, 0.6) is 0 Å². The van der Waals surface area contributed by atoms with E-state index in [0.29, 0.717) is 7.92 Å². The Labute approximate surface area is 101 Å². The third kappa shape index (κ3) is 2.28. The minimum absolute atomic E-state index is 0.462. The Morgan fingerprint density at radius 1 is 1.38 bits per heavy atom. The molecule has 1 saturated carbocycles. The van der Waals surface area contributed by atoms with Crippen molar-refractivity contribution in [3.63, 3.8) is 0 Å². The normalized spacial score (nSPS) is 41.0. The Kier molecular flexibility index (Phi) is 2.96. The van der Waals surface area contributed by atoms with Crippen LogP contribution < -0.4 is 0 Å². The predicted molar refractivity (Wildman–Crippen MR) is 73.4 cm³/mol. The highest BCUT2D eigenvalue weighted by molar-refractivity contribution is 7.65. The van der Waals surface area contributed by atoms with Crippen molar-refractivity contribution >= 4 is 7.92 Å². The van der Waals surface area contributed by atoms with Gasteiger partial charge in [-0.2, -0.15) is 0 Å². The molecule has 1 saturated heterocycles. The van der Waals surface area contributed by atoms with Gasteiger partial charge >= 0.3 is 0 Å². The first-order valence-electron chi connectivity index (χ1n) is 6.88. The van der Waals surface area contributed by atoms with Gasteiger partial charge in [0.15, 0.2) is 0 Å². The molecule has 0 aromatic rings. The van der Waals surface area contributed by atoms with Gasteiger partial charge in [-0.1, -0.05) is 30.2 Å². The van der Waals surface area contributed by atoms with Crippen molar-refractivity contribution in [3.05, 3.63) is 23.3 Å². The van der Waals surface area contributed by atoms with Crippen LogP contribution >= 0.6 is 7.92 Å². The van der Waals surface area contributed by atoms with E-state index in [1.165, 1.54) is 25.7 Å². The van der Waals surface area contributed by atoms with E-state index >= 15 is 0 Å². The maximum absolute atomic E-state index is 2.69. The molecule has 0 aromatic heterocycles. The summed E-state index contributed by atoms with van der Waals surface area (Å²) in [6.45, 7) is 4.66. The number of allylic oxidation sites excluding steroid dienone is 4. The van der Waals surface area contributed by atoms with Crippen LogP contribution in [0.1, 0.15) is 39.5 Å². The van der Waals surface area contributed by atoms with Crippen molar-refractivity contribution < 1.29 is 0 Å². The summed E-state index contributed by atoms with van der Waals surface area (Å²) in [5.74, 6) is 1.89. The SMILES string of the molecule is CCC1C/C1=C/C1CC(C)=CCC1P1CC1. The van der Waals surface area contributed by atoms with Gasteiger partial charge in [-0.05, 0) is 62.4 Å². The quantitative estimate of drug-likeness (QED) is 0.496. The second-order valence-corrected chi connectivity index (χ2v) is 8.54. The van der Waals surface area contributed by atoms with Crippen molar-refractivity contribution in [2.24, 2.45) is 11.8 Å². The fourth-order valence-corrected chi connectivity index (χ4v) is 5.44. The fourth-order valence-electron chi connectivity index (χ4n) is 3.18. The van der Waals surface area contributed by atoms with E-state index in [0.717, 1.165) is 17.5 Å². The van der Waals surface area contributed by atoms with Gasteiger partial charge in [0.05, 0.1) is 0 Å². The highest BCUT2D eigenvalue weighted by atomic mass is 31.1. The fraction of sp³-hybridized carbons (Fsp3) is 0.733. The molecule has 3 unspecified atom stereocenters. The zero-order valence-corrected chi connectivity index (χ0v) is 11.5. The number of rotatable bonds is 3. The predicted octanol–water partition coefficient (Wildman–Crippen LogP) is 4.56. The first kappa shape index (κ1) is 11.0. The third-order valence-corrected chi connectivity index (χ3v) is 6.97. The van der Waals surface area contributed by atoms with E-state index in [-0.39, 0.29) is 0 Å². The molecule has 3 aliphatic rings. The molecule has 0 bridgehead atoms. The second-order valence-electron chi connectivity index (χ2n) is 5.81. The van der Waals surface area contributed by atoms with Crippen molar-refractivity contribution in [2.75, 3.05) is 12.3 Å². The molecular formula is C15H23P. The lowest BCUT2D eigenvalue weighted by Crippen LogP contribution is -2.18. The minimum atomic E-state index is 0.462. The van der Waals surface area contributed by atoms with E-state index in [4.69, 9.17) is 0 Å². The third-order valence-electron chi connectivity index (χ3n) is 4.48. The first-order valence-corrected chi connectivity index (χ1v) is 8.66. The van der Waals surface area contributed by atoms with Crippen LogP contribution in [0.3, 0.4) is 0 Å². The Balaban J connectivity index is 1.71. The molecule has 0 aromatic carbocycles. The van der Waals surface area contributed by atoms with E-state index in [1.54, 1.807) is 23.5 Å². The van der Waals surface area contributed by atoms with Crippen molar-refractivity contribution in [3.8, 4) is 0 Å². The van der Waals surface area contributed by atoms with Crippen LogP contribution in [0, 0.1) is 11.8 Å². The molecule has 3 atom stereocenters. The van der Waals surface area contributed by atoms with Crippen LogP contribution in [-0.4, -0.2) is 18.0 Å². The topological polar surface area (TPSA) is 0 Å². The molecule has 0 N–H and O–H groups in total. The zero-order valence-electron chi connectivity index (χ0n) is 10.6. The molecule has 2 aliphatic carbocycles. The number of hydrogen-bond acceptors (Lipinski definition) is 0. The maximum Gasteiger partial charge on any atom is -0.0108 e. The lowest BCUT2D eigenvalue weighted by atomic mass is 9.88. The molecular weight excluding hydrogens is 211 g/mol. The largest absolute Gasteiger partial charge is 0.102 e. The van der Waals surface area contributed by atoms with Crippen molar-refractivity contribution in [2.45, 2.75) is 45.2 Å².